The van der Waals surface area contributed by atoms with Crippen LogP contribution in [0.5, 0.6) is 0 Å². The molecule has 1 heterocycles. The van der Waals surface area contributed by atoms with E-state index in [4.69, 9.17) is 9.84 Å². The molecule has 0 aliphatic rings. The number of hydrogen-bond acceptors (Lipinski definition) is 4. The van der Waals surface area contributed by atoms with E-state index in [9.17, 15) is 4.79 Å². The monoisotopic (exact) mass is 253 g/mol. The van der Waals surface area contributed by atoms with E-state index in [0.29, 0.717) is 18.0 Å². The molecular formula is C12H15NO3S. The highest BCUT2D eigenvalue weighted by molar-refractivity contribution is 7.14. The van der Waals surface area contributed by atoms with Crippen LogP contribution in [0, 0.1) is 11.8 Å². The number of nitrogens with zero attached hydrogens (tertiary/aromatic N) is 1. The van der Waals surface area contributed by atoms with Crippen LogP contribution in [0.1, 0.15) is 14.5 Å². The van der Waals surface area contributed by atoms with Gasteiger partial charge < -0.3 is 14.7 Å². The second kappa shape index (κ2) is 7.07. The summed E-state index contributed by atoms with van der Waals surface area (Å²) in [4.78, 5) is 15.0. The number of aliphatic hydroxyl groups excluding tert-OH is 1. The van der Waals surface area contributed by atoms with Crippen molar-refractivity contribution in [3.8, 4) is 11.8 Å². The van der Waals surface area contributed by atoms with E-state index in [0.717, 1.165) is 4.88 Å². The SMILES string of the molecule is COCCN(C)C(=O)c1ccc(C#CCO)s1. The van der Waals surface area contributed by atoms with Gasteiger partial charge in [0.1, 0.15) is 6.61 Å². The van der Waals surface area contributed by atoms with Crippen LogP contribution in [0.3, 0.4) is 0 Å². The Bertz CT molecular complexity index is 430. The fourth-order valence-electron chi connectivity index (χ4n) is 1.16. The molecule has 0 bridgehead atoms. The standard InChI is InChI=1S/C12H15NO3S/c1-13(7-9-16-2)12(15)11-6-5-10(17-11)4-3-8-14/h5-6,14H,7-9H2,1-2H3. The van der Waals surface area contributed by atoms with Gasteiger partial charge in [-0.15, -0.1) is 11.3 Å². The third-order valence-corrected chi connectivity index (χ3v) is 3.07. The number of likely N-dealkylation sites (N-methyl/N-ethyl adjacent to an activating group) is 1. The maximum atomic E-state index is 11.9. The molecule has 5 heteroatoms. The van der Waals surface area contributed by atoms with Crippen molar-refractivity contribution in [3.05, 3.63) is 21.9 Å². The Morgan fingerprint density at radius 3 is 3.00 bits per heavy atom. The minimum atomic E-state index is -0.172. The smallest absolute Gasteiger partial charge is 0.263 e. The molecule has 0 spiro atoms. The van der Waals surface area contributed by atoms with E-state index in [-0.39, 0.29) is 12.5 Å². The van der Waals surface area contributed by atoms with Crippen molar-refractivity contribution >= 4 is 17.2 Å². The summed E-state index contributed by atoms with van der Waals surface area (Å²) < 4.78 is 4.92. The molecule has 0 fully saturated rings. The Morgan fingerprint density at radius 2 is 2.35 bits per heavy atom. The zero-order chi connectivity index (χ0) is 12.7. The van der Waals surface area contributed by atoms with Crippen molar-refractivity contribution in [2.75, 3.05) is 33.9 Å². The molecule has 0 radical (unpaired) electrons. The van der Waals surface area contributed by atoms with E-state index >= 15 is 0 Å². The van der Waals surface area contributed by atoms with Gasteiger partial charge in [-0.1, -0.05) is 11.8 Å². The molecule has 1 amide bonds. The highest BCUT2D eigenvalue weighted by Crippen LogP contribution is 2.16. The predicted molar refractivity (Wildman–Crippen MR) is 67.1 cm³/mol. The van der Waals surface area contributed by atoms with Crippen LogP contribution in [-0.4, -0.2) is 49.8 Å². The van der Waals surface area contributed by atoms with Gasteiger partial charge >= 0.3 is 0 Å². The number of hydrogen-bond donors (Lipinski definition) is 1. The van der Waals surface area contributed by atoms with Crippen molar-refractivity contribution in [1.29, 1.82) is 0 Å². The summed E-state index contributed by atoms with van der Waals surface area (Å²) in [5.41, 5.74) is 0. The number of carbonyl (C=O) groups is 1. The Kier molecular flexibility index (Phi) is 5.70. The van der Waals surface area contributed by atoms with E-state index in [1.807, 2.05) is 0 Å². The molecule has 0 unspecified atom stereocenters. The molecule has 4 nitrogen and oxygen atoms in total. The minimum Gasteiger partial charge on any atom is -0.384 e. The van der Waals surface area contributed by atoms with Gasteiger partial charge in [-0.3, -0.25) is 4.79 Å². The van der Waals surface area contributed by atoms with Gasteiger partial charge in [0.15, 0.2) is 0 Å². The highest BCUT2D eigenvalue weighted by Gasteiger charge is 2.13. The van der Waals surface area contributed by atoms with Crippen molar-refractivity contribution in [2.45, 2.75) is 0 Å². The van der Waals surface area contributed by atoms with Gasteiger partial charge in [-0.25, -0.2) is 0 Å². The molecule has 0 aromatic carbocycles. The van der Waals surface area contributed by atoms with Crippen LogP contribution in [0.25, 0.3) is 0 Å². The van der Waals surface area contributed by atoms with Gasteiger partial charge in [0.2, 0.25) is 0 Å². The summed E-state index contributed by atoms with van der Waals surface area (Å²) in [7, 11) is 3.34. The normalized spacial score (nSPS) is 9.59. The summed E-state index contributed by atoms with van der Waals surface area (Å²) in [5, 5.41) is 8.57. The molecule has 0 saturated heterocycles. The first-order valence-corrected chi connectivity index (χ1v) is 5.94. The van der Waals surface area contributed by atoms with Gasteiger partial charge in [0.05, 0.1) is 16.4 Å². The average Bonchev–Trinajstić information content (AvgIpc) is 2.81. The van der Waals surface area contributed by atoms with Gasteiger partial charge in [-0.2, -0.15) is 0 Å². The average molecular weight is 253 g/mol. The summed E-state index contributed by atoms with van der Waals surface area (Å²) >= 11 is 1.33. The lowest BCUT2D eigenvalue weighted by molar-refractivity contribution is 0.0749. The van der Waals surface area contributed by atoms with Crippen molar-refractivity contribution in [3.63, 3.8) is 0 Å². The summed E-state index contributed by atoms with van der Waals surface area (Å²) in [6.07, 6.45) is 0. The molecule has 1 N–H and O–H groups in total. The first-order valence-electron chi connectivity index (χ1n) is 5.13. The van der Waals surface area contributed by atoms with E-state index in [2.05, 4.69) is 11.8 Å². The third-order valence-electron chi connectivity index (χ3n) is 2.08. The second-order valence-corrected chi connectivity index (χ2v) is 4.43. The summed E-state index contributed by atoms with van der Waals surface area (Å²) in [6, 6.07) is 3.53. The van der Waals surface area contributed by atoms with Crippen molar-refractivity contribution in [1.82, 2.24) is 4.90 Å². The Morgan fingerprint density at radius 1 is 1.59 bits per heavy atom. The van der Waals surface area contributed by atoms with Crippen LogP contribution in [0.4, 0.5) is 0 Å². The number of thiophene rings is 1. The zero-order valence-corrected chi connectivity index (χ0v) is 10.7. The maximum absolute atomic E-state index is 11.9. The van der Waals surface area contributed by atoms with E-state index in [1.54, 1.807) is 31.2 Å². The van der Waals surface area contributed by atoms with E-state index < -0.39 is 0 Å². The molecule has 17 heavy (non-hydrogen) atoms. The molecule has 0 aliphatic carbocycles. The molecule has 0 saturated carbocycles. The lowest BCUT2D eigenvalue weighted by Crippen LogP contribution is -2.29. The second-order valence-electron chi connectivity index (χ2n) is 3.34. The quantitative estimate of drug-likeness (QED) is 0.808. The van der Waals surface area contributed by atoms with Crippen molar-refractivity contribution in [2.24, 2.45) is 0 Å². The zero-order valence-electron chi connectivity index (χ0n) is 9.90. The Labute approximate surface area is 105 Å². The number of amides is 1. The number of rotatable bonds is 4. The fraction of sp³-hybridized carbons (Fsp3) is 0.417. The lowest BCUT2D eigenvalue weighted by Gasteiger charge is -2.15. The van der Waals surface area contributed by atoms with Crippen LogP contribution >= 0.6 is 11.3 Å². The van der Waals surface area contributed by atoms with Crippen LogP contribution in [-0.2, 0) is 4.74 Å². The highest BCUT2D eigenvalue weighted by atomic mass is 32.1. The summed E-state index contributed by atoms with van der Waals surface area (Å²) in [5.74, 6) is 5.29. The number of methoxy groups -OCH3 is 1. The predicted octanol–water partition coefficient (Wildman–Crippen LogP) is 0.810. The van der Waals surface area contributed by atoms with Crippen LogP contribution < -0.4 is 0 Å². The molecule has 1 rings (SSSR count). The lowest BCUT2D eigenvalue weighted by atomic mass is 10.4. The molecular weight excluding hydrogens is 238 g/mol. The minimum absolute atomic E-state index is 0.0379. The fourth-order valence-corrected chi connectivity index (χ4v) is 2.04. The molecule has 1 aromatic rings. The third kappa shape index (κ3) is 4.19. The van der Waals surface area contributed by atoms with Crippen LogP contribution in [0.2, 0.25) is 0 Å². The van der Waals surface area contributed by atoms with E-state index in [1.165, 1.54) is 11.3 Å². The maximum Gasteiger partial charge on any atom is 0.263 e. The Balaban J connectivity index is 2.66. The van der Waals surface area contributed by atoms with Gasteiger partial charge in [-0.05, 0) is 12.1 Å². The van der Waals surface area contributed by atoms with Crippen molar-refractivity contribution < 1.29 is 14.6 Å². The molecule has 0 aliphatic heterocycles. The Hall–Kier alpha value is -1.35. The molecule has 92 valence electrons. The first kappa shape index (κ1) is 13.7. The number of aliphatic hydroxyl groups is 1. The topological polar surface area (TPSA) is 49.8 Å². The summed E-state index contributed by atoms with van der Waals surface area (Å²) in [6.45, 7) is 0.907. The molecule has 1 aromatic heterocycles. The van der Waals surface area contributed by atoms with Gasteiger partial charge in [0, 0.05) is 20.7 Å². The molecule has 0 atom stereocenters. The number of carbonyl (C=O) groups excluding carboxylic acids is 1. The van der Waals surface area contributed by atoms with Crippen LogP contribution in [0.15, 0.2) is 12.1 Å². The number of ether oxygens (including phenoxy) is 1. The van der Waals surface area contributed by atoms with Gasteiger partial charge in [0.25, 0.3) is 5.91 Å². The largest absolute Gasteiger partial charge is 0.384 e. The first-order chi connectivity index (χ1) is 8.19.